The molecular formula is C29H38ClN3O6S2. The maximum atomic E-state index is 13.0. The molecule has 3 atom stereocenters. The van der Waals surface area contributed by atoms with Gasteiger partial charge in [0.25, 0.3) is 11.8 Å². The molecule has 12 heteroatoms. The van der Waals surface area contributed by atoms with E-state index in [1.165, 1.54) is 27.6 Å². The molecule has 3 rings (SSSR count). The lowest BCUT2D eigenvalue weighted by Gasteiger charge is -2.27. The average molecular weight is 624 g/mol. The third-order valence-electron chi connectivity index (χ3n) is 6.03. The number of ether oxygens (including phenoxy) is 1. The van der Waals surface area contributed by atoms with E-state index < -0.39 is 36.0 Å². The SMILES string of the molecule is C=C(Cl)/C(=C\C=C/C)Cc1csc(CNC(=O)[C@H](O)[C@@H](O)C(=O)N2CCC[C@@H]2c2nc(C(=O)OCC)cs2)c1.CC. The Labute approximate surface area is 254 Å². The van der Waals surface area contributed by atoms with Crippen molar-refractivity contribution in [3.63, 3.8) is 0 Å². The minimum atomic E-state index is -1.94. The number of aromatic nitrogens is 1. The molecule has 0 saturated carbocycles. The van der Waals surface area contributed by atoms with Crippen molar-refractivity contribution in [3.05, 3.63) is 73.4 Å². The van der Waals surface area contributed by atoms with Gasteiger partial charge in [0, 0.05) is 21.8 Å². The quantitative estimate of drug-likeness (QED) is 0.226. The molecule has 0 unspecified atom stereocenters. The van der Waals surface area contributed by atoms with Crippen molar-refractivity contribution in [3.8, 4) is 0 Å². The van der Waals surface area contributed by atoms with Gasteiger partial charge in [-0.15, -0.1) is 22.7 Å². The number of hydrogen-bond donors (Lipinski definition) is 3. The first-order valence-corrected chi connectivity index (χ1v) is 15.6. The van der Waals surface area contributed by atoms with Gasteiger partial charge in [-0.25, -0.2) is 9.78 Å². The summed E-state index contributed by atoms with van der Waals surface area (Å²) in [5.41, 5.74) is 2.02. The molecule has 1 aliphatic heterocycles. The summed E-state index contributed by atoms with van der Waals surface area (Å²) in [6.07, 6.45) is 3.59. The van der Waals surface area contributed by atoms with Crippen LogP contribution in [0.3, 0.4) is 0 Å². The minimum Gasteiger partial charge on any atom is -0.461 e. The highest BCUT2D eigenvalue weighted by atomic mass is 35.5. The molecule has 2 aromatic rings. The maximum Gasteiger partial charge on any atom is 0.357 e. The van der Waals surface area contributed by atoms with Crippen LogP contribution in [0.1, 0.15) is 72.5 Å². The van der Waals surface area contributed by atoms with E-state index in [4.69, 9.17) is 16.3 Å². The second-order valence-corrected chi connectivity index (χ2v) is 11.2. The number of esters is 1. The molecule has 1 fully saturated rings. The molecule has 0 bridgehead atoms. The fraction of sp³-hybridized carbons (Fsp3) is 0.448. The van der Waals surface area contributed by atoms with Crippen molar-refractivity contribution >= 4 is 52.1 Å². The molecular weight excluding hydrogens is 586 g/mol. The number of hydrogen-bond acceptors (Lipinski definition) is 9. The fourth-order valence-corrected chi connectivity index (χ4v) is 5.94. The van der Waals surface area contributed by atoms with Gasteiger partial charge in [-0.2, -0.15) is 0 Å². The average Bonchev–Trinajstić information content (AvgIpc) is 3.74. The normalized spacial score (nSPS) is 16.6. The second kappa shape index (κ2) is 17.2. The highest BCUT2D eigenvalue weighted by Crippen LogP contribution is 2.34. The Morgan fingerprint density at radius 1 is 1.27 bits per heavy atom. The molecule has 9 nitrogen and oxygen atoms in total. The first-order chi connectivity index (χ1) is 19.7. The van der Waals surface area contributed by atoms with E-state index in [9.17, 15) is 24.6 Å². The van der Waals surface area contributed by atoms with Crippen molar-refractivity contribution in [2.45, 2.75) is 71.8 Å². The van der Waals surface area contributed by atoms with Crippen LogP contribution < -0.4 is 5.32 Å². The molecule has 3 heterocycles. The Kier molecular flexibility index (Phi) is 14.4. The second-order valence-electron chi connectivity index (χ2n) is 8.81. The van der Waals surface area contributed by atoms with Gasteiger partial charge in [0.2, 0.25) is 0 Å². The Morgan fingerprint density at radius 2 is 2.00 bits per heavy atom. The van der Waals surface area contributed by atoms with E-state index in [0.717, 1.165) is 16.0 Å². The van der Waals surface area contributed by atoms with E-state index in [0.29, 0.717) is 35.8 Å². The number of likely N-dealkylation sites (tertiary alicyclic amines) is 1. The number of rotatable bonds is 12. The van der Waals surface area contributed by atoms with Gasteiger partial charge in [-0.1, -0.05) is 50.3 Å². The molecule has 0 aromatic carbocycles. The Morgan fingerprint density at radius 3 is 2.66 bits per heavy atom. The van der Waals surface area contributed by atoms with Crippen LogP contribution >= 0.6 is 34.3 Å². The monoisotopic (exact) mass is 623 g/mol. The molecule has 3 N–H and O–H groups in total. The molecule has 41 heavy (non-hydrogen) atoms. The van der Waals surface area contributed by atoms with Crippen LogP contribution in [-0.4, -0.2) is 63.2 Å². The number of halogens is 1. The first-order valence-electron chi connectivity index (χ1n) is 13.5. The van der Waals surface area contributed by atoms with E-state index in [1.807, 2.05) is 50.4 Å². The number of carbonyl (C=O) groups is 3. The maximum absolute atomic E-state index is 13.0. The summed E-state index contributed by atoms with van der Waals surface area (Å²) in [7, 11) is 0. The van der Waals surface area contributed by atoms with Crippen LogP contribution in [0.4, 0.5) is 0 Å². The summed E-state index contributed by atoms with van der Waals surface area (Å²) in [6.45, 7) is 12.1. The number of carbonyl (C=O) groups excluding carboxylic acids is 3. The highest BCUT2D eigenvalue weighted by molar-refractivity contribution is 7.10. The summed E-state index contributed by atoms with van der Waals surface area (Å²) >= 11 is 8.74. The van der Waals surface area contributed by atoms with E-state index >= 15 is 0 Å². The smallest absolute Gasteiger partial charge is 0.357 e. The third-order valence-corrected chi connectivity index (χ3v) is 8.20. The summed E-state index contributed by atoms with van der Waals surface area (Å²) in [5.74, 6) is -2.17. The van der Waals surface area contributed by atoms with E-state index in [-0.39, 0.29) is 18.8 Å². The largest absolute Gasteiger partial charge is 0.461 e. The zero-order valence-electron chi connectivity index (χ0n) is 23.8. The van der Waals surface area contributed by atoms with E-state index in [2.05, 4.69) is 16.9 Å². The van der Waals surface area contributed by atoms with Crippen LogP contribution in [0.5, 0.6) is 0 Å². The number of amides is 2. The third kappa shape index (κ3) is 9.61. The predicted molar refractivity (Wildman–Crippen MR) is 163 cm³/mol. The lowest BCUT2D eigenvalue weighted by molar-refractivity contribution is -0.153. The predicted octanol–water partition coefficient (Wildman–Crippen LogP) is 4.91. The van der Waals surface area contributed by atoms with Crippen molar-refractivity contribution in [1.29, 1.82) is 0 Å². The molecule has 2 aromatic heterocycles. The summed E-state index contributed by atoms with van der Waals surface area (Å²) < 4.78 is 4.96. The molecule has 0 spiro atoms. The van der Waals surface area contributed by atoms with Crippen molar-refractivity contribution in [2.24, 2.45) is 0 Å². The van der Waals surface area contributed by atoms with Gasteiger partial charge < -0.3 is 25.2 Å². The van der Waals surface area contributed by atoms with Crippen molar-refractivity contribution in [2.75, 3.05) is 13.2 Å². The topological polar surface area (TPSA) is 129 Å². The number of thiophene rings is 1. The van der Waals surface area contributed by atoms with Gasteiger partial charge in [0.05, 0.1) is 19.2 Å². The molecule has 1 aliphatic rings. The van der Waals surface area contributed by atoms with Crippen LogP contribution in [0, 0.1) is 0 Å². The number of nitrogens with zero attached hydrogens (tertiary/aromatic N) is 2. The number of nitrogens with one attached hydrogen (secondary N) is 1. The summed E-state index contributed by atoms with van der Waals surface area (Å²) in [6, 6.07) is 1.45. The van der Waals surface area contributed by atoms with Gasteiger partial charge in [-0.3, -0.25) is 9.59 Å². The minimum absolute atomic E-state index is 0.124. The molecule has 0 radical (unpaired) electrons. The molecule has 1 saturated heterocycles. The Balaban J connectivity index is 0.00000287. The van der Waals surface area contributed by atoms with Gasteiger partial charge in [-0.05, 0) is 55.7 Å². The zero-order valence-corrected chi connectivity index (χ0v) is 26.2. The fourth-order valence-electron chi connectivity index (χ4n) is 4.04. The van der Waals surface area contributed by atoms with Crippen LogP contribution in [0.15, 0.2) is 52.2 Å². The Bertz CT molecular complexity index is 1250. The molecule has 0 aliphatic carbocycles. The summed E-state index contributed by atoms with van der Waals surface area (Å²) in [5, 5.41) is 28.1. The van der Waals surface area contributed by atoms with Crippen LogP contribution in [-0.2, 0) is 27.3 Å². The van der Waals surface area contributed by atoms with Gasteiger partial charge in [0.15, 0.2) is 17.9 Å². The lowest BCUT2D eigenvalue weighted by atomic mass is 10.1. The first kappa shape index (κ1) is 34.4. The van der Waals surface area contributed by atoms with Crippen LogP contribution in [0.25, 0.3) is 0 Å². The van der Waals surface area contributed by atoms with Crippen molar-refractivity contribution < 1.29 is 29.3 Å². The highest BCUT2D eigenvalue weighted by Gasteiger charge is 2.39. The van der Waals surface area contributed by atoms with Crippen LogP contribution in [0.2, 0.25) is 0 Å². The standard InChI is InChI=1S/C27H32ClN3O6S2.C2H6/c1-4-6-8-18(16(3)28)11-17-12-19(38-14-17)13-29-24(34)22(32)23(33)26(35)31-10-7-9-21(31)25-30-20(15-39-25)27(36)37-5-2;1-2/h4,6,8,12,14-15,21-23,32-33H,3,5,7,9-11,13H2,1-2H3,(H,29,34);1-2H3/b6-4-,18-8-;/t21-,22-,23-;/m1./s1. The number of thiazole rings is 1. The molecule has 224 valence electrons. The number of aliphatic hydroxyl groups excluding tert-OH is 2. The zero-order chi connectivity index (χ0) is 30.5. The number of aliphatic hydroxyl groups is 2. The Hall–Kier alpha value is -2.83. The number of allylic oxidation sites excluding steroid dienone is 5. The lowest BCUT2D eigenvalue weighted by Crippen LogP contribution is -2.50. The van der Waals surface area contributed by atoms with Gasteiger partial charge in [0.1, 0.15) is 5.01 Å². The summed E-state index contributed by atoms with van der Waals surface area (Å²) in [4.78, 5) is 44.1. The van der Waals surface area contributed by atoms with E-state index in [1.54, 1.807) is 12.3 Å². The van der Waals surface area contributed by atoms with Gasteiger partial charge >= 0.3 is 5.97 Å². The molecule has 2 amide bonds. The van der Waals surface area contributed by atoms with Crippen molar-refractivity contribution in [1.82, 2.24) is 15.2 Å².